The Labute approximate surface area is 199 Å². The Bertz CT molecular complexity index is 1230. The second-order valence-corrected chi connectivity index (χ2v) is 8.43. The molecule has 0 spiro atoms. The number of hydrogen-bond acceptors (Lipinski definition) is 6. The third-order valence-electron chi connectivity index (χ3n) is 5.74. The van der Waals surface area contributed by atoms with Crippen LogP contribution in [-0.2, 0) is 22.3 Å². The van der Waals surface area contributed by atoms with Crippen LogP contribution in [-0.4, -0.2) is 29.9 Å². The van der Waals surface area contributed by atoms with Crippen molar-refractivity contribution in [1.82, 2.24) is 10.3 Å². The molecule has 10 heteroatoms. The number of anilines is 3. The molecule has 0 aliphatic carbocycles. The van der Waals surface area contributed by atoms with E-state index in [0.29, 0.717) is 16.9 Å². The minimum atomic E-state index is -4.47. The summed E-state index contributed by atoms with van der Waals surface area (Å²) in [5.41, 5.74) is 5.83. The molecular weight excluding hydrogens is 461 g/mol. The number of halogens is 3. The molecule has 35 heavy (non-hydrogen) atoms. The zero-order valence-corrected chi connectivity index (χ0v) is 18.6. The van der Waals surface area contributed by atoms with E-state index in [1.165, 1.54) is 36.7 Å². The van der Waals surface area contributed by atoms with E-state index in [4.69, 9.17) is 10.5 Å². The number of aromatic nitrogens is 1. The van der Waals surface area contributed by atoms with E-state index in [2.05, 4.69) is 15.6 Å². The van der Waals surface area contributed by atoms with E-state index in [-0.39, 0.29) is 43.6 Å². The predicted octanol–water partition coefficient (Wildman–Crippen LogP) is 4.33. The first kappa shape index (κ1) is 24.2. The van der Waals surface area contributed by atoms with Gasteiger partial charge in [-0.2, -0.15) is 13.2 Å². The van der Waals surface area contributed by atoms with Crippen molar-refractivity contribution < 1.29 is 27.5 Å². The molecule has 2 aromatic carbocycles. The average molecular weight is 484 g/mol. The largest absolute Gasteiger partial charge is 0.418 e. The lowest BCUT2D eigenvalue weighted by molar-refractivity contribution is -0.161. The van der Waals surface area contributed by atoms with Crippen LogP contribution < -0.4 is 16.4 Å². The number of ketones is 1. The van der Waals surface area contributed by atoms with E-state index >= 15 is 0 Å². The number of nitrogens with two attached hydrogens (primary N) is 1. The van der Waals surface area contributed by atoms with Crippen LogP contribution in [0.2, 0.25) is 0 Å². The van der Waals surface area contributed by atoms with Crippen LogP contribution >= 0.6 is 0 Å². The van der Waals surface area contributed by atoms with E-state index in [1.807, 2.05) is 0 Å². The Morgan fingerprint density at radius 3 is 2.40 bits per heavy atom. The van der Waals surface area contributed by atoms with Gasteiger partial charge in [0, 0.05) is 36.6 Å². The number of ether oxygens (including phenoxy) is 1. The summed E-state index contributed by atoms with van der Waals surface area (Å²) in [6.07, 6.45) is -1.67. The highest BCUT2D eigenvalue weighted by molar-refractivity contribution is 6.00. The first-order valence-electron chi connectivity index (χ1n) is 10.8. The van der Waals surface area contributed by atoms with Gasteiger partial charge in [0.05, 0.1) is 30.2 Å². The SMILES string of the molecule is Nc1cncc(C(=O)CC2(C(=O)NCc3ccc(Nc4ccccc4C(F)(F)F)cc3)COC2)c1. The van der Waals surface area contributed by atoms with Crippen molar-refractivity contribution in [2.75, 3.05) is 24.3 Å². The summed E-state index contributed by atoms with van der Waals surface area (Å²) < 4.78 is 44.8. The first-order valence-corrected chi connectivity index (χ1v) is 10.8. The highest BCUT2D eigenvalue weighted by Gasteiger charge is 2.47. The molecule has 1 amide bonds. The van der Waals surface area contributed by atoms with Gasteiger partial charge >= 0.3 is 6.18 Å². The lowest BCUT2D eigenvalue weighted by Gasteiger charge is -2.39. The number of benzene rings is 2. The van der Waals surface area contributed by atoms with Crippen molar-refractivity contribution in [3.8, 4) is 0 Å². The lowest BCUT2D eigenvalue weighted by atomic mass is 9.79. The van der Waals surface area contributed by atoms with Gasteiger partial charge in [0.15, 0.2) is 5.78 Å². The maximum Gasteiger partial charge on any atom is 0.418 e. The van der Waals surface area contributed by atoms with Gasteiger partial charge in [-0.3, -0.25) is 14.6 Å². The summed E-state index contributed by atoms with van der Waals surface area (Å²) >= 11 is 0. The summed E-state index contributed by atoms with van der Waals surface area (Å²) in [4.78, 5) is 29.5. The minimum absolute atomic E-state index is 0.0363. The van der Waals surface area contributed by atoms with Crippen molar-refractivity contribution in [3.05, 3.63) is 83.7 Å². The Kier molecular flexibility index (Phi) is 6.74. The van der Waals surface area contributed by atoms with Gasteiger partial charge in [-0.05, 0) is 35.9 Å². The Morgan fingerprint density at radius 2 is 1.77 bits per heavy atom. The zero-order chi connectivity index (χ0) is 25.1. The van der Waals surface area contributed by atoms with E-state index in [9.17, 15) is 22.8 Å². The standard InChI is InChI=1S/C25H23F3N4O3/c26-25(27,28)20-3-1-2-4-21(20)32-19-7-5-16(6-8-19)11-31-23(34)24(14-35-15-24)10-22(33)17-9-18(29)13-30-12-17/h1-9,12-13,32H,10-11,14-15,29H2,(H,31,34). The third-order valence-corrected chi connectivity index (χ3v) is 5.74. The number of nitrogens with zero attached hydrogens (tertiary/aromatic N) is 1. The Hall–Kier alpha value is -3.92. The third kappa shape index (κ3) is 5.60. The van der Waals surface area contributed by atoms with Gasteiger partial charge in [0.1, 0.15) is 5.41 Å². The fraction of sp³-hybridized carbons (Fsp3) is 0.240. The van der Waals surface area contributed by atoms with Gasteiger partial charge in [0.2, 0.25) is 5.91 Å². The molecule has 182 valence electrons. The van der Waals surface area contributed by atoms with Crippen LogP contribution in [0.3, 0.4) is 0 Å². The Morgan fingerprint density at radius 1 is 1.06 bits per heavy atom. The number of amides is 1. The van der Waals surface area contributed by atoms with Gasteiger partial charge in [0.25, 0.3) is 0 Å². The maximum absolute atomic E-state index is 13.2. The van der Waals surface area contributed by atoms with Crippen LogP contribution in [0.1, 0.15) is 27.9 Å². The number of carbonyl (C=O) groups is 2. The second kappa shape index (κ2) is 9.75. The average Bonchev–Trinajstić information content (AvgIpc) is 2.80. The van der Waals surface area contributed by atoms with Gasteiger partial charge in [-0.1, -0.05) is 24.3 Å². The summed E-state index contributed by atoms with van der Waals surface area (Å²) in [6.45, 7) is 0.442. The monoisotopic (exact) mass is 484 g/mol. The predicted molar refractivity (Wildman–Crippen MR) is 124 cm³/mol. The molecule has 4 N–H and O–H groups in total. The quantitative estimate of drug-likeness (QED) is 0.411. The summed E-state index contributed by atoms with van der Waals surface area (Å²) in [5, 5.41) is 5.61. The molecular formula is C25H23F3N4O3. The number of carbonyl (C=O) groups excluding carboxylic acids is 2. The summed E-state index contributed by atoms with van der Waals surface area (Å²) in [6, 6.07) is 13.4. The number of alkyl halides is 3. The number of pyridine rings is 1. The van der Waals surface area contributed by atoms with Crippen molar-refractivity contribution in [1.29, 1.82) is 0 Å². The molecule has 7 nitrogen and oxygen atoms in total. The van der Waals surface area contributed by atoms with Gasteiger partial charge in [-0.15, -0.1) is 0 Å². The van der Waals surface area contributed by atoms with Crippen LogP contribution in [0.15, 0.2) is 67.0 Å². The van der Waals surface area contributed by atoms with Crippen LogP contribution in [0, 0.1) is 5.41 Å². The molecule has 0 radical (unpaired) electrons. The highest BCUT2D eigenvalue weighted by Crippen LogP contribution is 2.36. The lowest BCUT2D eigenvalue weighted by Crippen LogP contribution is -2.55. The number of nitrogen functional groups attached to an aromatic ring is 1. The number of nitrogens with one attached hydrogen (secondary N) is 2. The number of rotatable bonds is 8. The van der Waals surface area contributed by atoms with Crippen LogP contribution in [0.5, 0.6) is 0 Å². The summed E-state index contributed by atoms with van der Waals surface area (Å²) in [5.74, 6) is -0.562. The molecule has 0 atom stereocenters. The van der Waals surface area contributed by atoms with E-state index in [1.54, 1.807) is 24.3 Å². The topological polar surface area (TPSA) is 106 Å². The molecule has 0 saturated carbocycles. The van der Waals surface area contributed by atoms with Crippen molar-refractivity contribution in [2.24, 2.45) is 5.41 Å². The fourth-order valence-electron chi connectivity index (χ4n) is 3.75. The van der Waals surface area contributed by atoms with Gasteiger partial charge < -0.3 is 21.1 Å². The van der Waals surface area contributed by atoms with Gasteiger partial charge in [-0.25, -0.2) is 0 Å². The van der Waals surface area contributed by atoms with Crippen molar-refractivity contribution in [3.63, 3.8) is 0 Å². The maximum atomic E-state index is 13.2. The molecule has 0 unspecified atom stereocenters. The van der Waals surface area contributed by atoms with Crippen LogP contribution in [0.25, 0.3) is 0 Å². The number of para-hydroxylation sites is 1. The molecule has 4 rings (SSSR count). The second-order valence-electron chi connectivity index (χ2n) is 8.43. The van der Waals surface area contributed by atoms with Crippen LogP contribution in [0.4, 0.5) is 30.2 Å². The summed E-state index contributed by atoms with van der Waals surface area (Å²) in [7, 11) is 0. The molecule has 1 fully saturated rings. The fourth-order valence-corrected chi connectivity index (χ4v) is 3.75. The Balaban J connectivity index is 1.36. The molecule has 1 aliphatic rings. The highest BCUT2D eigenvalue weighted by atomic mass is 19.4. The molecule has 3 aromatic rings. The normalized spacial score (nSPS) is 14.6. The molecule has 1 saturated heterocycles. The van der Waals surface area contributed by atoms with Crippen molar-refractivity contribution >= 4 is 28.8 Å². The number of Topliss-reactive ketones (excluding diaryl/α,β-unsaturated/α-hetero) is 1. The zero-order valence-electron chi connectivity index (χ0n) is 18.6. The number of hydrogen-bond donors (Lipinski definition) is 3. The molecule has 2 heterocycles. The smallest absolute Gasteiger partial charge is 0.397 e. The first-order chi connectivity index (χ1) is 16.7. The molecule has 1 aromatic heterocycles. The van der Waals surface area contributed by atoms with Crippen molar-refractivity contribution in [2.45, 2.75) is 19.1 Å². The van der Waals surface area contributed by atoms with E-state index < -0.39 is 17.2 Å². The minimum Gasteiger partial charge on any atom is -0.397 e. The molecule has 0 bridgehead atoms. The van der Waals surface area contributed by atoms with E-state index in [0.717, 1.165) is 11.6 Å². The molecule has 1 aliphatic heterocycles.